The zero-order valence-electron chi connectivity index (χ0n) is 17.1. The maximum atomic E-state index is 13.0. The molecule has 1 heterocycles. The average molecular weight is 430 g/mol. The lowest BCUT2D eigenvalue weighted by molar-refractivity contribution is 0.0632. The Hall–Kier alpha value is -2.58. The number of hydrogen-bond donors (Lipinski definition) is 1. The van der Waals surface area contributed by atoms with Gasteiger partial charge < -0.3 is 9.64 Å². The quantitative estimate of drug-likeness (QED) is 0.732. The molecule has 1 aliphatic heterocycles. The fraction of sp³-hybridized carbons (Fsp3) is 0.409. The van der Waals surface area contributed by atoms with Gasteiger partial charge in [-0.25, -0.2) is 8.42 Å². The minimum atomic E-state index is -3.86. The molecule has 1 N–H and O–H groups in total. The first-order chi connectivity index (χ1) is 14.5. The van der Waals surface area contributed by atoms with Gasteiger partial charge >= 0.3 is 0 Å². The standard InChI is InChI=1S/C22H27N3O4S/c1-29-21-8-3-2-7-20(21)23-30(27,28)19-6-4-5-18(15-19)22(26)25-13-11-24(12-14-25)16-17-9-10-17/h2-8,15,17,23H,9-14,16H2,1H3. The number of nitrogens with one attached hydrogen (secondary N) is 1. The number of para-hydroxylation sites is 2. The predicted molar refractivity (Wildman–Crippen MR) is 115 cm³/mol. The molecule has 160 valence electrons. The Morgan fingerprint density at radius 3 is 2.50 bits per heavy atom. The highest BCUT2D eigenvalue weighted by Gasteiger charge is 2.28. The van der Waals surface area contributed by atoms with E-state index in [1.807, 2.05) is 4.90 Å². The van der Waals surface area contributed by atoms with Crippen molar-refractivity contribution in [3.05, 3.63) is 54.1 Å². The smallest absolute Gasteiger partial charge is 0.262 e. The maximum Gasteiger partial charge on any atom is 0.262 e. The molecule has 0 bridgehead atoms. The highest BCUT2D eigenvalue weighted by Crippen LogP contribution is 2.30. The van der Waals surface area contributed by atoms with E-state index in [0.29, 0.717) is 30.1 Å². The van der Waals surface area contributed by atoms with E-state index in [1.165, 1.54) is 32.1 Å². The topological polar surface area (TPSA) is 78.9 Å². The van der Waals surface area contributed by atoms with Gasteiger partial charge in [-0.1, -0.05) is 18.2 Å². The van der Waals surface area contributed by atoms with Gasteiger partial charge in [0.05, 0.1) is 17.7 Å². The second-order valence-electron chi connectivity index (χ2n) is 7.87. The summed E-state index contributed by atoms with van der Waals surface area (Å²) in [6, 6.07) is 13.0. The van der Waals surface area contributed by atoms with Gasteiger partial charge in [-0.15, -0.1) is 0 Å². The third-order valence-corrected chi connectivity index (χ3v) is 6.98. The van der Waals surface area contributed by atoms with Gasteiger partial charge in [-0.05, 0) is 49.1 Å². The van der Waals surface area contributed by atoms with Crippen LogP contribution >= 0.6 is 0 Å². The molecule has 30 heavy (non-hydrogen) atoms. The lowest BCUT2D eigenvalue weighted by Gasteiger charge is -2.34. The Morgan fingerprint density at radius 1 is 1.07 bits per heavy atom. The number of carbonyl (C=O) groups is 1. The largest absolute Gasteiger partial charge is 0.495 e. The first kappa shape index (κ1) is 20.7. The molecule has 1 amide bonds. The summed E-state index contributed by atoms with van der Waals surface area (Å²) >= 11 is 0. The van der Waals surface area contributed by atoms with Crippen molar-refractivity contribution in [2.24, 2.45) is 5.92 Å². The van der Waals surface area contributed by atoms with Gasteiger partial charge in [-0.3, -0.25) is 14.4 Å². The summed E-state index contributed by atoms with van der Waals surface area (Å²) in [6.45, 7) is 4.21. The first-order valence-electron chi connectivity index (χ1n) is 10.2. The third-order valence-electron chi connectivity index (χ3n) is 5.62. The van der Waals surface area contributed by atoms with E-state index >= 15 is 0 Å². The van der Waals surface area contributed by atoms with Gasteiger partial charge in [0.2, 0.25) is 0 Å². The summed E-state index contributed by atoms with van der Waals surface area (Å²) in [7, 11) is -2.37. The van der Waals surface area contributed by atoms with E-state index < -0.39 is 10.0 Å². The van der Waals surface area contributed by atoms with E-state index in [0.717, 1.165) is 25.6 Å². The minimum Gasteiger partial charge on any atom is -0.495 e. The zero-order valence-corrected chi connectivity index (χ0v) is 17.9. The summed E-state index contributed by atoms with van der Waals surface area (Å²) in [5.74, 6) is 1.14. The molecule has 0 radical (unpaired) electrons. The zero-order chi connectivity index (χ0) is 21.1. The Bertz CT molecular complexity index is 1010. The van der Waals surface area contributed by atoms with Gasteiger partial charge in [0.15, 0.2) is 0 Å². The van der Waals surface area contributed by atoms with Crippen molar-refractivity contribution in [3.8, 4) is 5.75 Å². The summed E-state index contributed by atoms with van der Waals surface area (Å²) in [5.41, 5.74) is 0.733. The van der Waals surface area contributed by atoms with E-state index in [2.05, 4.69) is 9.62 Å². The molecule has 2 aliphatic rings. The molecule has 2 fully saturated rings. The molecular weight excluding hydrogens is 402 g/mol. The molecule has 1 saturated heterocycles. The van der Waals surface area contributed by atoms with Crippen LogP contribution in [0.4, 0.5) is 5.69 Å². The number of amides is 1. The van der Waals surface area contributed by atoms with Crippen LogP contribution in [0.2, 0.25) is 0 Å². The highest BCUT2D eigenvalue weighted by molar-refractivity contribution is 7.92. The second kappa shape index (κ2) is 8.65. The molecule has 1 aliphatic carbocycles. The van der Waals surface area contributed by atoms with Crippen molar-refractivity contribution in [2.75, 3.05) is 44.6 Å². The average Bonchev–Trinajstić information content (AvgIpc) is 3.58. The van der Waals surface area contributed by atoms with E-state index in [1.54, 1.807) is 36.4 Å². The molecule has 0 spiro atoms. The molecule has 0 atom stereocenters. The number of hydrogen-bond acceptors (Lipinski definition) is 5. The number of ether oxygens (including phenoxy) is 1. The van der Waals surface area contributed by atoms with Crippen molar-refractivity contribution in [2.45, 2.75) is 17.7 Å². The van der Waals surface area contributed by atoms with E-state index in [9.17, 15) is 13.2 Å². The van der Waals surface area contributed by atoms with Crippen LogP contribution < -0.4 is 9.46 Å². The Labute approximate surface area is 177 Å². The summed E-state index contributed by atoms with van der Waals surface area (Å²) in [5, 5.41) is 0. The first-order valence-corrected chi connectivity index (χ1v) is 11.7. The van der Waals surface area contributed by atoms with Crippen molar-refractivity contribution < 1.29 is 17.9 Å². The van der Waals surface area contributed by atoms with Crippen LogP contribution in [0.1, 0.15) is 23.2 Å². The number of methoxy groups -OCH3 is 1. The van der Waals surface area contributed by atoms with Crippen molar-refractivity contribution >= 4 is 21.6 Å². The molecular formula is C22H27N3O4S. The number of nitrogens with zero attached hydrogens (tertiary/aromatic N) is 2. The Kier molecular flexibility index (Phi) is 5.97. The second-order valence-corrected chi connectivity index (χ2v) is 9.55. The molecule has 1 saturated carbocycles. The van der Waals surface area contributed by atoms with Crippen molar-refractivity contribution in [1.82, 2.24) is 9.80 Å². The predicted octanol–water partition coefficient (Wildman–Crippen LogP) is 2.66. The van der Waals surface area contributed by atoms with Crippen molar-refractivity contribution in [3.63, 3.8) is 0 Å². The number of carbonyl (C=O) groups excluding carboxylic acids is 1. The van der Waals surface area contributed by atoms with Crippen LogP contribution in [0.15, 0.2) is 53.4 Å². The number of sulfonamides is 1. The normalized spacial score (nSPS) is 17.6. The van der Waals surface area contributed by atoms with Gasteiger partial charge in [-0.2, -0.15) is 0 Å². The highest BCUT2D eigenvalue weighted by atomic mass is 32.2. The maximum absolute atomic E-state index is 13.0. The summed E-state index contributed by atoms with van der Waals surface area (Å²) in [6.07, 6.45) is 2.65. The van der Waals surface area contributed by atoms with Crippen LogP contribution in [0.3, 0.4) is 0 Å². The monoisotopic (exact) mass is 429 g/mol. The van der Waals surface area contributed by atoms with E-state index in [4.69, 9.17) is 4.74 Å². The third kappa shape index (κ3) is 4.76. The SMILES string of the molecule is COc1ccccc1NS(=O)(=O)c1cccc(C(=O)N2CCN(CC3CC3)CC2)c1. The molecule has 0 aromatic heterocycles. The number of benzene rings is 2. The van der Waals surface area contributed by atoms with Crippen LogP contribution in [0.5, 0.6) is 5.75 Å². The fourth-order valence-corrected chi connectivity index (χ4v) is 4.83. The summed E-state index contributed by atoms with van der Waals surface area (Å²) < 4.78 is 33.5. The number of piperazine rings is 1. The number of rotatable bonds is 7. The molecule has 7 nitrogen and oxygen atoms in total. The Morgan fingerprint density at radius 2 is 1.80 bits per heavy atom. The van der Waals surface area contributed by atoms with Gasteiger partial charge in [0.1, 0.15) is 5.75 Å². The molecule has 4 rings (SSSR count). The molecule has 8 heteroatoms. The van der Waals surface area contributed by atoms with Gasteiger partial charge in [0, 0.05) is 38.3 Å². The number of anilines is 1. The van der Waals surface area contributed by atoms with Crippen LogP contribution in [0.25, 0.3) is 0 Å². The van der Waals surface area contributed by atoms with E-state index in [-0.39, 0.29) is 10.8 Å². The van der Waals surface area contributed by atoms with Crippen LogP contribution in [-0.4, -0.2) is 64.0 Å². The fourth-order valence-electron chi connectivity index (χ4n) is 3.71. The molecule has 0 unspecified atom stereocenters. The Balaban J connectivity index is 1.45. The summed E-state index contributed by atoms with van der Waals surface area (Å²) in [4.78, 5) is 17.2. The lowest BCUT2D eigenvalue weighted by atomic mass is 10.2. The lowest BCUT2D eigenvalue weighted by Crippen LogP contribution is -2.49. The van der Waals surface area contributed by atoms with Crippen LogP contribution in [-0.2, 0) is 10.0 Å². The molecule has 2 aromatic carbocycles. The minimum absolute atomic E-state index is 0.0478. The van der Waals surface area contributed by atoms with Crippen molar-refractivity contribution in [1.29, 1.82) is 0 Å². The van der Waals surface area contributed by atoms with Gasteiger partial charge in [0.25, 0.3) is 15.9 Å². The van der Waals surface area contributed by atoms with Crippen LogP contribution in [0, 0.1) is 5.92 Å². The molecule has 2 aromatic rings.